The normalized spacial score (nSPS) is 15.8. The van der Waals surface area contributed by atoms with Gasteiger partial charge in [-0.05, 0) is 24.3 Å². The highest BCUT2D eigenvalue weighted by Crippen LogP contribution is 2.22. The molecule has 0 unspecified atom stereocenters. The molecule has 1 amide bonds. The van der Waals surface area contributed by atoms with Crippen LogP contribution in [0.15, 0.2) is 36.4 Å². The fourth-order valence-electron chi connectivity index (χ4n) is 2.69. The van der Waals surface area contributed by atoms with E-state index in [4.69, 9.17) is 0 Å². The molecule has 1 fully saturated rings. The van der Waals surface area contributed by atoms with E-state index < -0.39 is 12.1 Å². The number of likely N-dealkylation sites (N-methyl/N-ethyl adjacent to an activating group) is 1. The zero-order valence-electron chi connectivity index (χ0n) is 14.2. The first-order chi connectivity index (χ1) is 12.3. The van der Waals surface area contributed by atoms with Gasteiger partial charge < -0.3 is 15.1 Å². The number of aromatic nitrogens is 2. The van der Waals surface area contributed by atoms with Crippen LogP contribution in [0.5, 0.6) is 0 Å². The summed E-state index contributed by atoms with van der Waals surface area (Å²) in [6.07, 6.45) is -4.91. The van der Waals surface area contributed by atoms with E-state index in [2.05, 4.69) is 22.1 Å². The summed E-state index contributed by atoms with van der Waals surface area (Å²) in [5.74, 6) is -1.18. The largest absolute Gasteiger partial charge is 0.471 e. The average molecular weight is 366 g/mol. The van der Waals surface area contributed by atoms with Crippen LogP contribution in [0.4, 0.5) is 24.7 Å². The molecular weight excluding hydrogens is 347 g/mol. The number of alkyl halides is 3. The maximum absolute atomic E-state index is 12.3. The summed E-state index contributed by atoms with van der Waals surface area (Å²) in [5, 5.41) is 10.3. The first kappa shape index (κ1) is 18.1. The molecule has 1 saturated heterocycles. The minimum absolute atomic E-state index is 0.0700. The quantitative estimate of drug-likeness (QED) is 0.850. The lowest BCUT2D eigenvalue weighted by Crippen LogP contribution is -3.12. The fourth-order valence-corrected chi connectivity index (χ4v) is 2.69. The van der Waals surface area contributed by atoms with E-state index in [0.29, 0.717) is 11.3 Å². The van der Waals surface area contributed by atoms with Crippen molar-refractivity contribution in [2.45, 2.75) is 6.18 Å². The van der Waals surface area contributed by atoms with Crippen molar-refractivity contribution < 1.29 is 22.9 Å². The lowest BCUT2D eigenvalue weighted by molar-refractivity contribution is -0.880. The maximum atomic E-state index is 12.3. The van der Waals surface area contributed by atoms with Crippen molar-refractivity contribution in [2.24, 2.45) is 0 Å². The van der Waals surface area contributed by atoms with Gasteiger partial charge in [-0.2, -0.15) is 13.2 Å². The van der Waals surface area contributed by atoms with Crippen LogP contribution in [0.3, 0.4) is 0 Å². The van der Waals surface area contributed by atoms with Crippen LogP contribution >= 0.6 is 0 Å². The van der Waals surface area contributed by atoms with E-state index in [-0.39, 0.29) is 5.69 Å². The Hall–Kier alpha value is -2.68. The minimum Gasteiger partial charge on any atom is -0.344 e. The van der Waals surface area contributed by atoms with E-state index >= 15 is 0 Å². The Labute approximate surface area is 148 Å². The number of benzene rings is 1. The molecule has 3 rings (SSSR count). The van der Waals surface area contributed by atoms with Gasteiger partial charge >= 0.3 is 12.1 Å². The van der Waals surface area contributed by atoms with Gasteiger partial charge in [0.05, 0.1) is 38.9 Å². The summed E-state index contributed by atoms with van der Waals surface area (Å²) in [6.45, 7) is 3.95. The summed E-state index contributed by atoms with van der Waals surface area (Å²) in [5.41, 5.74) is 1.39. The van der Waals surface area contributed by atoms with E-state index in [0.717, 1.165) is 32.0 Å². The van der Waals surface area contributed by atoms with Crippen LogP contribution in [0.1, 0.15) is 0 Å². The van der Waals surface area contributed by atoms with Crippen LogP contribution in [-0.4, -0.2) is 55.5 Å². The standard InChI is InChI=1S/C17H18F3N5O/c1-24-8-10-25(11-9-24)15-7-6-14(22-23-15)12-2-4-13(5-3-12)21-16(26)17(18,19)20/h2-7H,8-11H2,1H3,(H,21,26)/p+1. The summed E-state index contributed by atoms with van der Waals surface area (Å²) < 4.78 is 36.8. The Morgan fingerprint density at radius 2 is 1.73 bits per heavy atom. The second-order valence-electron chi connectivity index (χ2n) is 6.25. The molecule has 1 aromatic heterocycles. The van der Waals surface area contributed by atoms with Crippen LogP contribution < -0.4 is 15.1 Å². The van der Waals surface area contributed by atoms with Gasteiger partial charge in [0.15, 0.2) is 5.82 Å². The molecule has 0 atom stereocenters. The number of nitrogens with zero attached hydrogens (tertiary/aromatic N) is 3. The molecule has 138 valence electrons. The van der Waals surface area contributed by atoms with Crippen molar-refractivity contribution in [2.75, 3.05) is 43.4 Å². The number of rotatable bonds is 3. The molecule has 1 aliphatic rings. The van der Waals surface area contributed by atoms with Crippen molar-refractivity contribution in [1.29, 1.82) is 0 Å². The molecule has 0 radical (unpaired) electrons. The molecule has 0 bridgehead atoms. The highest BCUT2D eigenvalue weighted by atomic mass is 19.4. The first-order valence-corrected chi connectivity index (χ1v) is 8.21. The first-order valence-electron chi connectivity index (χ1n) is 8.21. The van der Waals surface area contributed by atoms with Crippen LogP contribution in [0.2, 0.25) is 0 Å². The van der Waals surface area contributed by atoms with Gasteiger partial charge in [0.2, 0.25) is 0 Å². The summed E-state index contributed by atoms with van der Waals surface area (Å²) in [4.78, 5) is 14.6. The number of nitrogens with one attached hydrogen (secondary N) is 2. The van der Waals surface area contributed by atoms with Gasteiger partial charge in [0, 0.05) is 11.3 Å². The van der Waals surface area contributed by atoms with Gasteiger partial charge in [0.25, 0.3) is 0 Å². The lowest BCUT2D eigenvalue weighted by Gasteiger charge is -2.30. The van der Waals surface area contributed by atoms with Crippen molar-refractivity contribution in [3.05, 3.63) is 36.4 Å². The third-order valence-electron chi connectivity index (χ3n) is 4.29. The third kappa shape index (κ3) is 4.29. The molecule has 0 saturated carbocycles. The molecule has 9 heteroatoms. The number of piperazine rings is 1. The molecule has 2 heterocycles. The van der Waals surface area contributed by atoms with Crippen molar-refractivity contribution in [1.82, 2.24) is 10.2 Å². The van der Waals surface area contributed by atoms with Crippen LogP contribution in [-0.2, 0) is 4.79 Å². The predicted molar refractivity (Wildman–Crippen MR) is 91.0 cm³/mol. The minimum atomic E-state index is -4.91. The van der Waals surface area contributed by atoms with Crippen LogP contribution in [0, 0.1) is 0 Å². The SMILES string of the molecule is C[NH+]1CCN(c2ccc(-c3ccc(NC(=O)C(F)(F)F)cc3)nn2)CC1. The summed E-state index contributed by atoms with van der Waals surface area (Å²) in [7, 11) is 2.16. The number of anilines is 2. The highest BCUT2D eigenvalue weighted by molar-refractivity contribution is 5.95. The molecule has 6 nitrogen and oxygen atoms in total. The Balaban J connectivity index is 1.67. The zero-order valence-corrected chi connectivity index (χ0v) is 14.2. The molecule has 0 aliphatic carbocycles. The zero-order chi connectivity index (χ0) is 18.7. The second-order valence-corrected chi connectivity index (χ2v) is 6.25. The van der Waals surface area contributed by atoms with Gasteiger partial charge in [-0.3, -0.25) is 4.79 Å². The number of halogens is 3. The van der Waals surface area contributed by atoms with Crippen molar-refractivity contribution in [3.8, 4) is 11.3 Å². The van der Waals surface area contributed by atoms with Gasteiger partial charge in [-0.15, -0.1) is 10.2 Å². The average Bonchev–Trinajstić information content (AvgIpc) is 2.62. The predicted octanol–water partition coefficient (Wildman–Crippen LogP) is 0.979. The van der Waals surface area contributed by atoms with Crippen molar-refractivity contribution >= 4 is 17.4 Å². The number of amides is 1. The second kappa shape index (κ2) is 7.28. The van der Waals surface area contributed by atoms with Crippen LogP contribution in [0.25, 0.3) is 11.3 Å². The number of carbonyl (C=O) groups is 1. The van der Waals surface area contributed by atoms with Crippen molar-refractivity contribution in [3.63, 3.8) is 0 Å². The number of carbonyl (C=O) groups excluding carboxylic acids is 1. The Kier molecular flexibility index (Phi) is 5.08. The van der Waals surface area contributed by atoms with Gasteiger partial charge in [-0.25, -0.2) is 0 Å². The smallest absolute Gasteiger partial charge is 0.344 e. The molecule has 0 spiro atoms. The topological polar surface area (TPSA) is 62.6 Å². The third-order valence-corrected chi connectivity index (χ3v) is 4.29. The monoisotopic (exact) mass is 366 g/mol. The molecule has 2 N–H and O–H groups in total. The Morgan fingerprint density at radius 1 is 1.08 bits per heavy atom. The van der Waals surface area contributed by atoms with Gasteiger partial charge in [-0.1, -0.05) is 12.1 Å². The van der Waals surface area contributed by atoms with E-state index in [1.165, 1.54) is 17.0 Å². The lowest BCUT2D eigenvalue weighted by atomic mass is 10.1. The summed E-state index contributed by atoms with van der Waals surface area (Å²) in [6, 6.07) is 9.71. The Bertz CT molecular complexity index is 753. The number of quaternary nitrogens is 1. The molecule has 1 aliphatic heterocycles. The van der Waals surface area contributed by atoms with Gasteiger partial charge in [0.1, 0.15) is 0 Å². The highest BCUT2D eigenvalue weighted by Gasteiger charge is 2.38. The molecule has 1 aromatic carbocycles. The van der Waals surface area contributed by atoms with E-state index in [1.54, 1.807) is 12.1 Å². The number of hydrogen-bond acceptors (Lipinski definition) is 4. The molecular formula is C17H19F3N5O+. The number of hydrogen-bond donors (Lipinski definition) is 2. The van der Waals surface area contributed by atoms with E-state index in [1.807, 2.05) is 17.4 Å². The maximum Gasteiger partial charge on any atom is 0.471 e. The molecule has 2 aromatic rings. The molecule has 26 heavy (non-hydrogen) atoms. The summed E-state index contributed by atoms with van der Waals surface area (Å²) >= 11 is 0. The fraction of sp³-hybridized carbons (Fsp3) is 0.353. The Morgan fingerprint density at radius 3 is 2.27 bits per heavy atom. The van der Waals surface area contributed by atoms with E-state index in [9.17, 15) is 18.0 Å².